The van der Waals surface area contributed by atoms with E-state index in [4.69, 9.17) is 0 Å². The van der Waals surface area contributed by atoms with Gasteiger partial charge >= 0.3 is 5.97 Å². The third kappa shape index (κ3) is 3.84. The number of aryl methyl sites for hydroxylation is 1. The molecule has 0 fully saturated rings. The number of rotatable bonds is 6. The summed E-state index contributed by atoms with van der Waals surface area (Å²) in [7, 11) is 1.91. The Kier molecular flexibility index (Phi) is 5.49. The highest BCUT2D eigenvalue weighted by atomic mass is 32.1. The third-order valence-corrected chi connectivity index (χ3v) is 6.15. The smallest absolute Gasteiger partial charge is 0.337 e. The number of carboxylic acid groups (broad SMARTS) is 1. The standard InChI is InChI=1S/C21H26N2O2S/c1-13(2)11-17(20-14(3)16-7-5-6-8-18(16)26-20)22-19-10-9-15(21(24)25)12-23(19)4/h5-10,12-13,17,19,22H,11H2,1-4H3,(H,24,25). The van der Waals surface area contributed by atoms with Crippen LogP contribution in [-0.2, 0) is 4.79 Å². The van der Waals surface area contributed by atoms with Crippen molar-refractivity contribution in [3.05, 3.63) is 58.6 Å². The Hall–Kier alpha value is -2.11. The van der Waals surface area contributed by atoms with Crippen LogP contribution < -0.4 is 5.32 Å². The number of likely N-dealkylation sites (N-methyl/N-ethyl adjacent to an activating group) is 1. The zero-order chi connectivity index (χ0) is 18.8. The van der Waals surface area contributed by atoms with Crippen LogP contribution in [-0.4, -0.2) is 29.2 Å². The number of hydrogen-bond acceptors (Lipinski definition) is 4. The van der Waals surface area contributed by atoms with Gasteiger partial charge in [0.1, 0.15) is 0 Å². The summed E-state index contributed by atoms with van der Waals surface area (Å²) in [5.74, 6) is -0.342. The number of nitrogens with zero attached hydrogens (tertiary/aromatic N) is 1. The summed E-state index contributed by atoms with van der Waals surface area (Å²) in [4.78, 5) is 14.5. The molecule has 0 saturated heterocycles. The van der Waals surface area contributed by atoms with E-state index >= 15 is 0 Å². The van der Waals surface area contributed by atoms with Gasteiger partial charge in [0.25, 0.3) is 0 Å². The van der Waals surface area contributed by atoms with Crippen LogP contribution in [0.3, 0.4) is 0 Å². The van der Waals surface area contributed by atoms with Crippen molar-refractivity contribution >= 4 is 27.4 Å². The summed E-state index contributed by atoms with van der Waals surface area (Å²) in [6, 6.07) is 8.77. The molecule has 1 aromatic heterocycles. The van der Waals surface area contributed by atoms with E-state index in [2.05, 4.69) is 50.4 Å². The van der Waals surface area contributed by atoms with Gasteiger partial charge in [0.2, 0.25) is 0 Å². The first-order chi connectivity index (χ1) is 12.4. The maximum atomic E-state index is 11.2. The summed E-state index contributed by atoms with van der Waals surface area (Å²) < 4.78 is 1.32. The molecule has 0 saturated carbocycles. The molecule has 2 unspecified atom stereocenters. The Morgan fingerprint density at radius 3 is 2.69 bits per heavy atom. The second kappa shape index (κ2) is 7.64. The van der Waals surface area contributed by atoms with E-state index in [1.807, 2.05) is 29.4 Å². The molecule has 0 amide bonds. The van der Waals surface area contributed by atoms with Crippen LogP contribution in [0.4, 0.5) is 0 Å². The first-order valence-electron chi connectivity index (χ1n) is 8.96. The van der Waals surface area contributed by atoms with E-state index < -0.39 is 5.97 Å². The molecule has 26 heavy (non-hydrogen) atoms. The van der Waals surface area contributed by atoms with Gasteiger partial charge in [0.15, 0.2) is 0 Å². The van der Waals surface area contributed by atoms with Crippen LogP contribution in [0.2, 0.25) is 0 Å². The van der Waals surface area contributed by atoms with Gasteiger partial charge in [0, 0.05) is 28.9 Å². The minimum Gasteiger partial charge on any atom is -0.478 e. The number of thiophene rings is 1. The topological polar surface area (TPSA) is 52.6 Å². The largest absolute Gasteiger partial charge is 0.478 e. The number of benzene rings is 1. The Labute approximate surface area is 158 Å². The molecule has 1 aromatic carbocycles. The molecule has 2 heterocycles. The number of carboxylic acids is 1. The van der Waals surface area contributed by atoms with Gasteiger partial charge in [-0.25, -0.2) is 4.79 Å². The number of hydrogen-bond donors (Lipinski definition) is 2. The Morgan fingerprint density at radius 2 is 2.08 bits per heavy atom. The van der Waals surface area contributed by atoms with Gasteiger partial charge in [-0.15, -0.1) is 11.3 Å². The predicted molar refractivity (Wildman–Crippen MR) is 108 cm³/mol. The maximum absolute atomic E-state index is 11.2. The Balaban J connectivity index is 1.88. The average molecular weight is 371 g/mol. The molecule has 2 aromatic rings. The number of carbonyl (C=O) groups is 1. The van der Waals surface area contributed by atoms with Crippen LogP contribution in [0.15, 0.2) is 48.2 Å². The van der Waals surface area contributed by atoms with Crippen LogP contribution in [0, 0.1) is 12.8 Å². The quantitative estimate of drug-likeness (QED) is 0.775. The van der Waals surface area contributed by atoms with E-state index in [1.54, 1.807) is 12.3 Å². The van der Waals surface area contributed by atoms with Crippen molar-refractivity contribution in [2.45, 2.75) is 39.4 Å². The van der Waals surface area contributed by atoms with E-state index in [1.165, 1.54) is 20.5 Å². The summed E-state index contributed by atoms with van der Waals surface area (Å²) in [5.41, 5.74) is 1.65. The molecule has 1 aliphatic rings. The third-order valence-electron chi connectivity index (χ3n) is 4.76. The van der Waals surface area contributed by atoms with Gasteiger partial charge in [-0.1, -0.05) is 32.0 Å². The molecule has 0 bridgehead atoms. The molecule has 2 atom stereocenters. The fourth-order valence-electron chi connectivity index (χ4n) is 3.43. The molecule has 0 radical (unpaired) electrons. The van der Waals surface area contributed by atoms with Crippen LogP contribution in [0.1, 0.15) is 36.8 Å². The van der Waals surface area contributed by atoms with Crippen molar-refractivity contribution in [1.82, 2.24) is 10.2 Å². The number of aliphatic carboxylic acids is 1. The molecule has 4 nitrogen and oxygen atoms in total. The lowest BCUT2D eigenvalue weighted by atomic mass is 9.98. The van der Waals surface area contributed by atoms with Crippen LogP contribution in [0.25, 0.3) is 10.1 Å². The number of nitrogens with one attached hydrogen (secondary N) is 1. The van der Waals surface area contributed by atoms with Crippen molar-refractivity contribution < 1.29 is 9.90 Å². The first kappa shape index (κ1) is 18.7. The monoisotopic (exact) mass is 370 g/mol. The fourth-order valence-corrected chi connectivity index (χ4v) is 4.71. The van der Waals surface area contributed by atoms with Crippen molar-refractivity contribution in [3.8, 4) is 0 Å². The zero-order valence-electron chi connectivity index (χ0n) is 15.7. The number of fused-ring (bicyclic) bond motifs is 1. The Morgan fingerprint density at radius 1 is 1.35 bits per heavy atom. The summed E-state index contributed by atoms with van der Waals surface area (Å²) in [5, 5.41) is 14.2. The van der Waals surface area contributed by atoms with E-state index in [9.17, 15) is 9.90 Å². The molecule has 1 aliphatic heterocycles. The fraction of sp³-hybridized carbons (Fsp3) is 0.381. The second-order valence-corrected chi connectivity index (χ2v) is 8.38. The Bertz CT molecular complexity index is 866. The van der Waals surface area contributed by atoms with Crippen molar-refractivity contribution in [3.63, 3.8) is 0 Å². The highest BCUT2D eigenvalue weighted by Gasteiger charge is 2.24. The van der Waals surface area contributed by atoms with Gasteiger partial charge in [0.05, 0.1) is 11.7 Å². The molecule has 138 valence electrons. The van der Waals surface area contributed by atoms with E-state index in [0.29, 0.717) is 11.5 Å². The van der Waals surface area contributed by atoms with Crippen molar-refractivity contribution in [2.75, 3.05) is 7.05 Å². The lowest BCUT2D eigenvalue weighted by Crippen LogP contribution is -2.43. The molecular weight excluding hydrogens is 344 g/mol. The highest BCUT2D eigenvalue weighted by molar-refractivity contribution is 7.19. The van der Waals surface area contributed by atoms with Crippen molar-refractivity contribution in [2.24, 2.45) is 5.92 Å². The molecule has 5 heteroatoms. The molecule has 2 N–H and O–H groups in total. The summed E-state index contributed by atoms with van der Waals surface area (Å²) in [6.07, 6.45) is 6.31. The van der Waals surface area contributed by atoms with Crippen LogP contribution in [0.5, 0.6) is 0 Å². The first-order valence-corrected chi connectivity index (χ1v) is 9.77. The molecular formula is C21H26N2O2S. The summed E-state index contributed by atoms with van der Waals surface area (Å²) in [6.45, 7) is 6.67. The van der Waals surface area contributed by atoms with E-state index in [-0.39, 0.29) is 12.2 Å². The lowest BCUT2D eigenvalue weighted by molar-refractivity contribution is -0.132. The van der Waals surface area contributed by atoms with Gasteiger partial charge in [-0.3, -0.25) is 5.32 Å². The van der Waals surface area contributed by atoms with Crippen LogP contribution >= 0.6 is 11.3 Å². The second-order valence-electron chi connectivity index (χ2n) is 7.30. The maximum Gasteiger partial charge on any atom is 0.337 e. The predicted octanol–water partition coefficient (Wildman–Crippen LogP) is 4.68. The van der Waals surface area contributed by atoms with Gasteiger partial charge in [-0.05, 0) is 48.4 Å². The average Bonchev–Trinajstić information content (AvgIpc) is 2.92. The highest BCUT2D eigenvalue weighted by Crippen LogP contribution is 2.37. The normalized spacial score (nSPS) is 18.4. The molecule has 0 spiro atoms. The van der Waals surface area contributed by atoms with Gasteiger partial charge in [-0.2, -0.15) is 0 Å². The zero-order valence-corrected chi connectivity index (χ0v) is 16.5. The van der Waals surface area contributed by atoms with Crippen molar-refractivity contribution in [1.29, 1.82) is 0 Å². The van der Waals surface area contributed by atoms with E-state index in [0.717, 1.165) is 6.42 Å². The molecule has 3 rings (SSSR count). The SMILES string of the molecule is Cc1c(C(CC(C)C)NC2C=CC(C(=O)O)=CN2C)sc2ccccc12. The van der Waals surface area contributed by atoms with Gasteiger partial charge < -0.3 is 10.0 Å². The molecule has 0 aliphatic carbocycles. The summed E-state index contributed by atoms with van der Waals surface area (Å²) >= 11 is 1.85. The minimum absolute atomic E-state index is 0.0218. The lowest BCUT2D eigenvalue weighted by Gasteiger charge is -2.33. The minimum atomic E-state index is -0.898.